The molecule has 14 heavy (non-hydrogen) atoms. The van der Waals surface area contributed by atoms with E-state index in [9.17, 15) is 4.79 Å². The zero-order valence-electron chi connectivity index (χ0n) is 9.55. The van der Waals surface area contributed by atoms with E-state index in [4.69, 9.17) is 0 Å². The Morgan fingerprint density at radius 2 is 2.14 bits per heavy atom. The summed E-state index contributed by atoms with van der Waals surface area (Å²) in [5.41, 5.74) is 1.30. The van der Waals surface area contributed by atoms with Crippen LogP contribution in [0.1, 0.15) is 33.6 Å². The van der Waals surface area contributed by atoms with Gasteiger partial charge in [-0.3, -0.25) is 4.79 Å². The summed E-state index contributed by atoms with van der Waals surface area (Å²) in [6.07, 6.45) is 2.32. The highest BCUT2D eigenvalue weighted by atomic mass is 16.2. The Balaban J connectivity index is 2.56. The topological polar surface area (TPSA) is 20.3 Å². The van der Waals surface area contributed by atoms with Crippen LogP contribution in [0.5, 0.6) is 0 Å². The van der Waals surface area contributed by atoms with E-state index < -0.39 is 0 Å². The molecule has 2 heteroatoms. The quantitative estimate of drug-likeness (QED) is 0.620. The van der Waals surface area contributed by atoms with E-state index in [1.807, 2.05) is 4.90 Å². The highest BCUT2D eigenvalue weighted by Gasteiger charge is 2.24. The normalized spacial score (nSPS) is 22.6. The third-order valence-electron chi connectivity index (χ3n) is 3.13. The minimum atomic E-state index is 0.200. The lowest BCUT2D eigenvalue weighted by Gasteiger charge is -2.34. The van der Waals surface area contributed by atoms with E-state index in [2.05, 4.69) is 20.4 Å². The van der Waals surface area contributed by atoms with E-state index in [1.54, 1.807) is 6.92 Å². The summed E-state index contributed by atoms with van der Waals surface area (Å²) in [5, 5.41) is 0. The Hall–Kier alpha value is -0.790. The van der Waals surface area contributed by atoms with Gasteiger partial charge in [0.05, 0.1) is 0 Å². The van der Waals surface area contributed by atoms with Crippen molar-refractivity contribution in [1.82, 2.24) is 4.90 Å². The van der Waals surface area contributed by atoms with Crippen LogP contribution in [0.4, 0.5) is 0 Å². The molecule has 1 heterocycles. The maximum absolute atomic E-state index is 11.2. The first-order valence-electron chi connectivity index (χ1n) is 5.46. The molecule has 0 aromatic heterocycles. The van der Waals surface area contributed by atoms with E-state index in [-0.39, 0.29) is 5.91 Å². The summed E-state index contributed by atoms with van der Waals surface area (Å²) in [6.45, 7) is 11.9. The van der Waals surface area contributed by atoms with Crippen molar-refractivity contribution in [3.8, 4) is 0 Å². The van der Waals surface area contributed by atoms with Gasteiger partial charge in [-0.15, -0.1) is 0 Å². The lowest BCUT2D eigenvalue weighted by atomic mass is 9.85. The summed E-state index contributed by atoms with van der Waals surface area (Å²) in [5.74, 6) is 1.26. The monoisotopic (exact) mass is 195 g/mol. The first-order valence-corrected chi connectivity index (χ1v) is 5.46. The molecule has 0 saturated carbocycles. The molecule has 1 atom stereocenters. The molecular formula is C12H21NO. The number of carbonyl (C=O) groups is 1. The van der Waals surface area contributed by atoms with Gasteiger partial charge >= 0.3 is 0 Å². The van der Waals surface area contributed by atoms with Crippen molar-refractivity contribution in [2.24, 2.45) is 11.8 Å². The lowest BCUT2D eigenvalue weighted by molar-refractivity contribution is -0.130. The predicted molar refractivity (Wildman–Crippen MR) is 59.0 cm³/mol. The third kappa shape index (κ3) is 2.60. The minimum Gasteiger partial charge on any atom is -0.342 e. The number of hydrogen-bond acceptors (Lipinski definition) is 1. The molecule has 0 spiro atoms. The fourth-order valence-electron chi connectivity index (χ4n) is 2.04. The van der Waals surface area contributed by atoms with Crippen molar-refractivity contribution in [3.05, 3.63) is 12.2 Å². The Labute approximate surface area is 87.0 Å². The fraction of sp³-hybridized carbons (Fsp3) is 0.750. The van der Waals surface area contributed by atoms with Gasteiger partial charge in [0.2, 0.25) is 5.91 Å². The van der Waals surface area contributed by atoms with Gasteiger partial charge in [0.1, 0.15) is 0 Å². The van der Waals surface area contributed by atoms with Crippen LogP contribution in [-0.4, -0.2) is 23.9 Å². The maximum Gasteiger partial charge on any atom is 0.219 e. The Kier molecular flexibility index (Phi) is 3.73. The SMILES string of the molecule is C=C(C(C)C)C1CCCN(C(C)=O)C1. The molecular weight excluding hydrogens is 174 g/mol. The van der Waals surface area contributed by atoms with Crippen LogP contribution < -0.4 is 0 Å². The molecule has 1 rings (SSSR count). The molecule has 1 saturated heterocycles. The first kappa shape index (κ1) is 11.3. The second-order valence-electron chi connectivity index (χ2n) is 4.53. The highest BCUT2D eigenvalue weighted by molar-refractivity contribution is 5.73. The van der Waals surface area contributed by atoms with Gasteiger partial charge in [0.25, 0.3) is 0 Å². The van der Waals surface area contributed by atoms with Crippen LogP contribution in [0.25, 0.3) is 0 Å². The van der Waals surface area contributed by atoms with Crippen molar-refractivity contribution in [1.29, 1.82) is 0 Å². The van der Waals surface area contributed by atoms with Crippen LogP contribution >= 0.6 is 0 Å². The average Bonchev–Trinajstić information content (AvgIpc) is 2.16. The van der Waals surface area contributed by atoms with Gasteiger partial charge in [-0.05, 0) is 24.7 Å². The summed E-state index contributed by atoms with van der Waals surface area (Å²) < 4.78 is 0. The Morgan fingerprint density at radius 3 is 2.64 bits per heavy atom. The maximum atomic E-state index is 11.2. The third-order valence-corrected chi connectivity index (χ3v) is 3.13. The molecule has 80 valence electrons. The number of amides is 1. The first-order chi connectivity index (χ1) is 6.52. The average molecular weight is 195 g/mol. The summed E-state index contributed by atoms with van der Waals surface area (Å²) in [4.78, 5) is 13.2. The number of carbonyl (C=O) groups excluding carboxylic acids is 1. The molecule has 1 amide bonds. The summed E-state index contributed by atoms with van der Waals surface area (Å²) >= 11 is 0. The van der Waals surface area contributed by atoms with Crippen molar-refractivity contribution in [2.75, 3.05) is 13.1 Å². The van der Waals surface area contributed by atoms with Crippen LogP contribution in [0.15, 0.2) is 12.2 Å². The molecule has 2 nitrogen and oxygen atoms in total. The van der Waals surface area contributed by atoms with Crippen molar-refractivity contribution >= 4 is 5.91 Å². The van der Waals surface area contributed by atoms with Gasteiger partial charge in [0.15, 0.2) is 0 Å². The number of piperidine rings is 1. The molecule has 0 aromatic rings. The largest absolute Gasteiger partial charge is 0.342 e. The van der Waals surface area contributed by atoms with E-state index >= 15 is 0 Å². The van der Waals surface area contributed by atoms with Crippen LogP contribution in [0.3, 0.4) is 0 Å². The van der Waals surface area contributed by atoms with E-state index in [1.165, 1.54) is 12.0 Å². The zero-order valence-corrected chi connectivity index (χ0v) is 9.55. The Morgan fingerprint density at radius 1 is 1.50 bits per heavy atom. The van der Waals surface area contributed by atoms with Crippen molar-refractivity contribution in [3.63, 3.8) is 0 Å². The Bertz CT molecular complexity index is 232. The molecule has 1 unspecified atom stereocenters. The molecule has 0 aliphatic carbocycles. The fourth-order valence-corrected chi connectivity index (χ4v) is 2.04. The lowest BCUT2D eigenvalue weighted by Crippen LogP contribution is -2.39. The summed E-state index contributed by atoms with van der Waals surface area (Å²) in [7, 11) is 0. The molecule has 0 bridgehead atoms. The number of rotatable bonds is 2. The molecule has 1 fully saturated rings. The highest BCUT2D eigenvalue weighted by Crippen LogP contribution is 2.27. The zero-order chi connectivity index (χ0) is 10.7. The second-order valence-corrected chi connectivity index (χ2v) is 4.53. The van der Waals surface area contributed by atoms with Gasteiger partial charge in [-0.1, -0.05) is 26.0 Å². The van der Waals surface area contributed by atoms with E-state index in [0.29, 0.717) is 11.8 Å². The number of likely N-dealkylation sites (tertiary alicyclic amines) is 1. The van der Waals surface area contributed by atoms with Crippen LogP contribution in [0.2, 0.25) is 0 Å². The molecule has 0 aromatic carbocycles. The number of hydrogen-bond donors (Lipinski definition) is 0. The second kappa shape index (κ2) is 4.63. The van der Waals surface area contributed by atoms with Gasteiger partial charge < -0.3 is 4.90 Å². The standard InChI is InChI=1S/C12H21NO/c1-9(2)10(3)12-6-5-7-13(8-12)11(4)14/h9,12H,3,5-8H2,1-2,4H3. The van der Waals surface area contributed by atoms with Crippen molar-refractivity contribution < 1.29 is 4.79 Å². The van der Waals surface area contributed by atoms with E-state index in [0.717, 1.165) is 19.5 Å². The molecule has 0 N–H and O–H groups in total. The van der Waals surface area contributed by atoms with Gasteiger partial charge in [0, 0.05) is 20.0 Å². The van der Waals surface area contributed by atoms with Crippen molar-refractivity contribution in [2.45, 2.75) is 33.6 Å². The smallest absolute Gasteiger partial charge is 0.219 e. The van der Waals surface area contributed by atoms with Crippen LogP contribution in [0, 0.1) is 11.8 Å². The van der Waals surface area contributed by atoms with Crippen LogP contribution in [-0.2, 0) is 4.79 Å². The molecule has 0 radical (unpaired) electrons. The number of nitrogens with zero attached hydrogens (tertiary/aromatic N) is 1. The predicted octanol–water partition coefficient (Wildman–Crippen LogP) is 2.46. The summed E-state index contributed by atoms with van der Waals surface area (Å²) in [6, 6.07) is 0. The molecule has 1 aliphatic heterocycles. The minimum absolute atomic E-state index is 0.200. The van der Waals surface area contributed by atoms with Gasteiger partial charge in [-0.2, -0.15) is 0 Å². The molecule has 1 aliphatic rings. The van der Waals surface area contributed by atoms with Gasteiger partial charge in [-0.25, -0.2) is 0 Å².